The molecule has 4 N–H and O–H groups in total. The normalized spacial score (nSPS) is 11.9. The van der Waals surface area contributed by atoms with E-state index >= 15 is 0 Å². The Kier molecular flexibility index (Phi) is 7.41. The van der Waals surface area contributed by atoms with E-state index in [0.29, 0.717) is 29.1 Å². The number of methoxy groups -OCH3 is 1. The molecule has 2 rings (SSSR count). The molecule has 1 atom stereocenters. The smallest absolute Gasteiger partial charge is 0.411 e. The van der Waals surface area contributed by atoms with Crippen LogP contribution in [0.1, 0.15) is 38.8 Å². The number of carbonyl (C=O) groups is 2. The van der Waals surface area contributed by atoms with Crippen molar-refractivity contribution < 1.29 is 19.1 Å². The first-order valence-electron chi connectivity index (χ1n) is 9.44. The molecule has 2 amide bonds. The first-order chi connectivity index (χ1) is 14.1. The molecule has 0 aliphatic heterocycles. The van der Waals surface area contributed by atoms with Gasteiger partial charge in [0.05, 0.1) is 18.8 Å². The topological polar surface area (TPSA) is 116 Å². The molecular weight excluding hydrogens is 384 g/mol. The van der Waals surface area contributed by atoms with Gasteiger partial charge in [0.25, 0.3) is 0 Å². The van der Waals surface area contributed by atoms with Crippen LogP contribution in [0.2, 0.25) is 0 Å². The molecule has 8 nitrogen and oxygen atoms in total. The zero-order chi connectivity index (χ0) is 22.3. The van der Waals surface area contributed by atoms with Crippen molar-refractivity contribution in [2.24, 2.45) is 0 Å². The highest BCUT2D eigenvalue weighted by molar-refractivity contribution is 5.87. The van der Waals surface area contributed by atoms with E-state index in [2.05, 4.69) is 26.9 Å². The molecule has 0 aliphatic carbocycles. The summed E-state index contributed by atoms with van der Waals surface area (Å²) in [7, 11) is 1.29. The third-order valence-corrected chi connectivity index (χ3v) is 4.04. The van der Waals surface area contributed by atoms with E-state index in [1.807, 2.05) is 12.1 Å². The predicted molar refractivity (Wildman–Crippen MR) is 117 cm³/mol. The summed E-state index contributed by atoms with van der Waals surface area (Å²) in [5, 5.41) is 5.43. The van der Waals surface area contributed by atoms with Crippen LogP contribution in [0.4, 0.5) is 21.0 Å². The molecule has 0 saturated heterocycles. The van der Waals surface area contributed by atoms with Gasteiger partial charge in [-0.05, 0) is 63.1 Å². The summed E-state index contributed by atoms with van der Waals surface area (Å²) in [5.41, 5.74) is 8.68. The molecule has 0 bridgehead atoms. The third-order valence-electron chi connectivity index (χ3n) is 4.04. The van der Waals surface area contributed by atoms with Gasteiger partial charge in [0.1, 0.15) is 5.60 Å². The lowest BCUT2D eigenvalue weighted by atomic mass is 10.0. The number of pyridine rings is 1. The minimum absolute atomic E-state index is 0.333. The Balaban J connectivity index is 2.27. The van der Waals surface area contributed by atoms with Gasteiger partial charge in [0.2, 0.25) is 0 Å². The highest BCUT2D eigenvalue weighted by atomic mass is 16.6. The Hall–Kier alpha value is -3.55. The molecule has 1 aromatic carbocycles. The number of benzene rings is 1. The summed E-state index contributed by atoms with van der Waals surface area (Å²) in [6, 6.07) is 8.43. The van der Waals surface area contributed by atoms with Crippen LogP contribution in [-0.2, 0) is 9.47 Å². The molecule has 0 fully saturated rings. The van der Waals surface area contributed by atoms with Crippen LogP contribution in [0.3, 0.4) is 0 Å². The molecule has 0 spiro atoms. The first kappa shape index (κ1) is 22.7. The fourth-order valence-corrected chi connectivity index (χ4v) is 2.75. The molecule has 2 aromatic rings. The van der Waals surface area contributed by atoms with Crippen LogP contribution in [0.15, 0.2) is 49.2 Å². The second-order valence-electron chi connectivity index (χ2n) is 7.62. The van der Waals surface area contributed by atoms with E-state index in [1.54, 1.807) is 51.2 Å². The summed E-state index contributed by atoms with van der Waals surface area (Å²) < 4.78 is 9.94. The number of aromatic nitrogens is 1. The molecule has 160 valence electrons. The van der Waals surface area contributed by atoms with Crippen molar-refractivity contribution in [1.29, 1.82) is 0 Å². The number of nitrogens with zero attached hydrogens (tertiary/aromatic N) is 1. The summed E-state index contributed by atoms with van der Waals surface area (Å²) >= 11 is 0. The molecular formula is C22H28N4O4. The number of anilines is 2. The Labute approximate surface area is 176 Å². The van der Waals surface area contributed by atoms with E-state index in [1.165, 1.54) is 7.11 Å². The van der Waals surface area contributed by atoms with E-state index < -0.39 is 17.8 Å². The molecule has 1 unspecified atom stereocenters. The number of alkyl carbamates (subject to hydrolysis) is 1. The third kappa shape index (κ3) is 6.51. The largest absolute Gasteiger partial charge is 0.453 e. The van der Waals surface area contributed by atoms with Crippen LogP contribution in [0.5, 0.6) is 0 Å². The van der Waals surface area contributed by atoms with Crippen molar-refractivity contribution in [1.82, 2.24) is 10.3 Å². The highest BCUT2D eigenvalue weighted by Gasteiger charge is 2.20. The average Bonchev–Trinajstić information content (AvgIpc) is 2.66. The van der Waals surface area contributed by atoms with Gasteiger partial charge in [-0.2, -0.15) is 0 Å². The molecule has 0 aliphatic rings. The van der Waals surface area contributed by atoms with Crippen molar-refractivity contribution in [3.05, 3.63) is 54.7 Å². The van der Waals surface area contributed by atoms with Crippen molar-refractivity contribution in [2.45, 2.75) is 38.8 Å². The fourth-order valence-electron chi connectivity index (χ4n) is 2.75. The lowest BCUT2D eigenvalue weighted by Crippen LogP contribution is -2.34. The molecule has 8 heteroatoms. The van der Waals surface area contributed by atoms with E-state index in [-0.39, 0.29) is 6.04 Å². The van der Waals surface area contributed by atoms with Gasteiger partial charge in [-0.25, -0.2) is 9.59 Å². The van der Waals surface area contributed by atoms with Gasteiger partial charge in [-0.15, -0.1) is 6.58 Å². The quantitative estimate of drug-likeness (QED) is 0.470. The second-order valence-corrected chi connectivity index (χ2v) is 7.62. The van der Waals surface area contributed by atoms with Gasteiger partial charge in [0.15, 0.2) is 0 Å². The van der Waals surface area contributed by atoms with Gasteiger partial charge in [-0.3, -0.25) is 10.3 Å². The monoisotopic (exact) mass is 412 g/mol. The number of rotatable bonds is 6. The summed E-state index contributed by atoms with van der Waals surface area (Å²) in [5.74, 6) is 0. The van der Waals surface area contributed by atoms with Crippen molar-refractivity contribution in [3.63, 3.8) is 0 Å². The zero-order valence-electron chi connectivity index (χ0n) is 17.7. The number of hydrogen-bond acceptors (Lipinski definition) is 6. The van der Waals surface area contributed by atoms with Crippen molar-refractivity contribution >= 4 is 23.6 Å². The number of amides is 2. The fraction of sp³-hybridized carbons (Fsp3) is 0.318. The first-order valence-corrected chi connectivity index (χ1v) is 9.44. The van der Waals surface area contributed by atoms with Gasteiger partial charge in [-0.1, -0.05) is 6.08 Å². The number of nitrogen functional groups attached to an aromatic ring is 1. The SMILES string of the molecule is C=CCC(NC(=O)OC(C)(C)C)c1ccnc(-c2ccc(NC(=O)OC)cc2N)c1. The maximum absolute atomic E-state index is 12.2. The molecule has 0 saturated carbocycles. The lowest BCUT2D eigenvalue weighted by molar-refractivity contribution is 0.0504. The van der Waals surface area contributed by atoms with E-state index in [4.69, 9.17) is 10.5 Å². The van der Waals surface area contributed by atoms with Crippen LogP contribution >= 0.6 is 0 Å². The number of carbonyl (C=O) groups excluding carboxylic acids is 2. The minimum Gasteiger partial charge on any atom is -0.453 e. The number of ether oxygens (including phenoxy) is 2. The number of hydrogen-bond donors (Lipinski definition) is 3. The Morgan fingerprint density at radius 2 is 1.97 bits per heavy atom. The summed E-state index contributed by atoms with van der Waals surface area (Å²) in [4.78, 5) is 28.0. The molecule has 0 radical (unpaired) electrons. The van der Waals surface area contributed by atoms with Crippen molar-refractivity contribution in [3.8, 4) is 11.3 Å². The van der Waals surface area contributed by atoms with Gasteiger partial charge in [0, 0.05) is 23.1 Å². The van der Waals surface area contributed by atoms with Gasteiger partial charge < -0.3 is 20.5 Å². The van der Waals surface area contributed by atoms with Crippen molar-refractivity contribution in [2.75, 3.05) is 18.2 Å². The molecule has 1 heterocycles. The Morgan fingerprint density at radius 3 is 2.57 bits per heavy atom. The van der Waals surface area contributed by atoms with E-state index in [0.717, 1.165) is 5.56 Å². The Bertz CT molecular complexity index is 922. The maximum atomic E-state index is 12.2. The van der Waals surface area contributed by atoms with Crippen LogP contribution in [0, 0.1) is 0 Å². The van der Waals surface area contributed by atoms with E-state index in [9.17, 15) is 9.59 Å². The summed E-state index contributed by atoms with van der Waals surface area (Å²) in [6.07, 6.45) is 2.80. The van der Waals surface area contributed by atoms with Gasteiger partial charge >= 0.3 is 12.2 Å². The van der Waals surface area contributed by atoms with Crippen LogP contribution in [-0.4, -0.2) is 29.9 Å². The summed E-state index contributed by atoms with van der Waals surface area (Å²) in [6.45, 7) is 9.19. The van der Waals surface area contributed by atoms with Crippen LogP contribution < -0.4 is 16.4 Å². The maximum Gasteiger partial charge on any atom is 0.411 e. The molecule has 30 heavy (non-hydrogen) atoms. The van der Waals surface area contributed by atoms with Crippen LogP contribution in [0.25, 0.3) is 11.3 Å². The highest BCUT2D eigenvalue weighted by Crippen LogP contribution is 2.29. The lowest BCUT2D eigenvalue weighted by Gasteiger charge is -2.23. The Morgan fingerprint density at radius 1 is 1.23 bits per heavy atom. The number of nitrogens with two attached hydrogens (primary N) is 1. The minimum atomic E-state index is -0.597. The number of nitrogens with one attached hydrogen (secondary N) is 2. The zero-order valence-corrected chi connectivity index (χ0v) is 17.7. The average molecular weight is 412 g/mol. The predicted octanol–water partition coefficient (Wildman–Crippen LogP) is 4.65. The standard InChI is InChI=1S/C22H28N4O4/c1-6-7-18(26-21(28)30-22(2,3)4)14-10-11-24-19(12-14)16-9-8-15(13-17(16)23)25-20(27)29-5/h6,8-13,18H,1,7,23H2,2-5H3,(H,25,27)(H,26,28). The second kappa shape index (κ2) is 9.78. The molecule has 1 aromatic heterocycles.